The van der Waals surface area contributed by atoms with E-state index in [4.69, 9.17) is 5.84 Å². The summed E-state index contributed by atoms with van der Waals surface area (Å²) in [4.78, 5) is 25.2. The van der Waals surface area contributed by atoms with Crippen LogP contribution in [-0.4, -0.2) is 47.5 Å². The molecule has 9 heteroatoms. The minimum Gasteiger partial charge on any atom is -0.354 e. The largest absolute Gasteiger partial charge is 0.354 e. The van der Waals surface area contributed by atoms with Crippen molar-refractivity contribution in [3.05, 3.63) is 0 Å². The molecule has 1 fully saturated rings. The SMILES string of the molecule is CN(C)c1nc(NN)nc(NC2CNC(=O)C2)n1. The number of nitrogens with two attached hydrogens (primary N) is 1. The Hall–Kier alpha value is -2.16. The average Bonchev–Trinajstić information content (AvgIpc) is 2.74. The Kier molecular flexibility index (Phi) is 3.42. The number of hydrogen-bond acceptors (Lipinski definition) is 8. The number of carbonyl (C=O) groups is 1. The lowest BCUT2D eigenvalue weighted by Crippen LogP contribution is -2.25. The molecule has 2 rings (SSSR count). The highest BCUT2D eigenvalue weighted by molar-refractivity contribution is 5.79. The number of nitrogens with zero attached hydrogens (tertiary/aromatic N) is 4. The maximum absolute atomic E-state index is 11.1. The highest BCUT2D eigenvalue weighted by atomic mass is 16.1. The minimum atomic E-state index is -0.0134. The highest BCUT2D eigenvalue weighted by Gasteiger charge is 2.22. The summed E-state index contributed by atoms with van der Waals surface area (Å²) in [6, 6.07) is -0.0134. The van der Waals surface area contributed by atoms with Crippen LogP contribution in [0.1, 0.15) is 6.42 Å². The Balaban J connectivity index is 2.16. The molecule has 1 aromatic rings. The molecule has 0 bridgehead atoms. The number of hydrogen-bond donors (Lipinski definition) is 4. The Morgan fingerprint density at radius 1 is 1.33 bits per heavy atom. The van der Waals surface area contributed by atoms with E-state index in [1.807, 2.05) is 14.1 Å². The summed E-state index contributed by atoms with van der Waals surface area (Å²) in [6.45, 7) is 0.563. The number of nitrogen functional groups attached to an aromatic ring is 1. The van der Waals surface area contributed by atoms with E-state index in [2.05, 4.69) is 31.0 Å². The molecular weight excluding hydrogens is 236 g/mol. The molecule has 1 amide bonds. The van der Waals surface area contributed by atoms with E-state index in [0.717, 1.165) is 0 Å². The third kappa shape index (κ3) is 2.74. The lowest BCUT2D eigenvalue weighted by molar-refractivity contribution is -0.119. The first kappa shape index (κ1) is 12.3. The first-order valence-corrected chi connectivity index (χ1v) is 5.51. The highest BCUT2D eigenvalue weighted by Crippen LogP contribution is 2.13. The van der Waals surface area contributed by atoms with Crippen LogP contribution in [0.25, 0.3) is 0 Å². The Bertz CT molecular complexity index is 448. The van der Waals surface area contributed by atoms with Crippen molar-refractivity contribution in [1.29, 1.82) is 0 Å². The molecule has 1 atom stereocenters. The zero-order valence-corrected chi connectivity index (χ0v) is 10.3. The van der Waals surface area contributed by atoms with Crippen LogP contribution < -0.4 is 26.8 Å². The summed E-state index contributed by atoms with van der Waals surface area (Å²) in [5.74, 6) is 6.47. The lowest BCUT2D eigenvalue weighted by Gasteiger charge is -2.15. The number of anilines is 3. The second-order valence-electron chi connectivity index (χ2n) is 4.17. The van der Waals surface area contributed by atoms with Crippen LogP contribution in [0.5, 0.6) is 0 Å². The van der Waals surface area contributed by atoms with Crippen LogP contribution in [0.3, 0.4) is 0 Å². The summed E-state index contributed by atoms with van der Waals surface area (Å²) >= 11 is 0. The third-order valence-electron chi connectivity index (χ3n) is 2.46. The topological polar surface area (TPSA) is 121 Å². The van der Waals surface area contributed by atoms with Gasteiger partial charge in [-0.05, 0) is 0 Å². The Morgan fingerprint density at radius 2 is 2.06 bits per heavy atom. The number of rotatable bonds is 4. The number of hydrazine groups is 1. The predicted molar refractivity (Wildman–Crippen MR) is 67.0 cm³/mol. The van der Waals surface area contributed by atoms with Crippen LogP contribution in [0.4, 0.5) is 17.8 Å². The van der Waals surface area contributed by atoms with Gasteiger partial charge in [0.05, 0.1) is 6.04 Å². The van der Waals surface area contributed by atoms with Crippen molar-refractivity contribution >= 4 is 23.8 Å². The standard InChI is InChI=1S/C9H16N8O/c1-17(2)9-14-7(13-8(15-9)16-10)12-5-3-6(18)11-4-5/h5H,3-4,10H2,1-2H3,(H,11,18)(H2,12,13,14,15,16). The second-order valence-corrected chi connectivity index (χ2v) is 4.17. The van der Waals surface area contributed by atoms with E-state index in [9.17, 15) is 4.79 Å². The van der Waals surface area contributed by atoms with Crippen LogP contribution in [0.15, 0.2) is 0 Å². The van der Waals surface area contributed by atoms with Gasteiger partial charge in [-0.15, -0.1) is 0 Å². The summed E-state index contributed by atoms with van der Waals surface area (Å²) in [5.41, 5.74) is 2.38. The number of carbonyl (C=O) groups excluding carboxylic acids is 1. The molecule has 9 nitrogen and oxygen atoms in total. The minimum absolute atomic E-state index is 0.0134. The Labute approximate surface area is 104 Å². The molecule has 1 aliphatic rings. The molecular formula is C9H16N8O. The number of nitrogens with one attached hydrogen (secondary N) is 3. The predicted octanol–water partition coefficient (Wildman–Crippen LogP) is -1.48. The zero-order valence-electron chi connectivity index (χ0n) is 10.3. The molecule has 1 saturated heterocycles. The quantitative estimate of drug-likeness (QED) is 0.378. The summed E-state index contributed by atoms with van der Waals surface area (Å²) < 4.78 is 0. The Morgan fingerprint density at radius 3 is 2.61 bits per heavy atom. The van der Waals surface area contributed by atoms with Crippen molar-refractivity contribution in [2.24, 2.45) is 5.84 Å². The molecule has 18 heavy (non-hydrogen) atoms. The van der Waals surface area contributed by atoms with E-state index in [1.54, 1.807) is 4.90 Å². The maximum atomic E-state index is 11.1. The van der Waals surface area contributed by atoms with Crippen molar-refractivity contribution in [2.45, 2.75) is 12.5 Å². The summed E-state index contributed by atoms with van der Waals surface area (Å²) in [7, 11) is 3.64. The molecule has 98 valence electrons. The van der Waals surface area contributed by atoms with E-state index < -0.39 is 0 Å². The van der Waals surface area contributed by atoms with Crippen molar-refractivity contribution in [2.75, 3.05) is 36.3 Å². The lowest BCUT2D eigenvalue weighted by atomic mass is 10.3. The molecule has 1 aliphatic heterocycles. The third-order valence-corrected chi connectivity index (χ3v) is 2.46. The van der Waals surface area contributed by atoms with Gasteiger partial charge in [-0.3, -0.25) is 10.2 Å². The van der Waals surface area contributed by atoms with Crippen molar-refractivity contribution in [1.82, 2.24) is 20.3 Å². The molecule has 0 aliphatic carbocycles. The van der Waals surface area contributed by atoms with Crippen molar-refractivity contribution < 1.29 is 4.79 Å². The smallest absolute Gasteiger partial charge is 0.243 e. The fourth-order valence-corrected chi connectivity index (χ4v) is 1.58. The number of amides is 1. The van der Waals surface area contributed by atoms with Gasteiger partial charge in [0.2, 0.25) is 23.8 Å². The van der Waals surface area contributed by atoms with Crippen molar-refractivity contribution in [3.63, 3.8) is 0 Å². The first-order chi connectivity index (χ1) is 8.58. The summed E-state index contributed by atoms with van der Waals surface area (Å²) in [6.07, 6.45) is 0.411. The van der Waals surface area contributed by atoms with Crippen molar-refractivity contribution in [3.8, 4) is 0 Å². The van der Waals surface area contributed by atoms with Gasteiger partial charge in [0.15, 0.2) is 0 Å². The van der Waals surface area contributed by atoms with Crippen LogP contribution >= 0.6 is 0 Å². The molecule has 0 spiro atoms. The summed E-state index contributed by atoms with van der Waals surface area (Å²) in [5, 5.41) is 5.81. The molecule has 0 radical (unpaired) electrons. The van der Waals surface area contributed by atoms with Crippen LogP contribution in [0.2, 0.25) is 0 Å². The van der Waals surface area contributed by atoms with Gasteiger partial charge in [0.1, 0.15) is 0 Å². The van der Waals surface area contributed by atoms with Crippen LogP contribution in [-0.2, 0) is 4.79 Å². The fraction of sp³-hybridized carbons (Fsp3) is 0.556. The molecule has 1 aromatic heterocycles. The molecule has 0 saturated carbocycles. The average molecular weight is 252 g/mol. The maximum Gasteiger partial charge on any atom is 0.243 e. The van der Waals surface area contributed by atoms with Gasteiger partial charge in [0.25, 0.3) is 0 Å². The van der Waals surface area contributed by atoms with Gasteiger partial charge in [-0.2, -0.15) is 15.0 Å². The zero-order chi connectivity index (χ0) is 13.1. The molecule has 2 heterocycles. The van der Waals surface area contributed by atoms with E-state index in [0.29, 0.717) is 24.9 Å². The molecule has 0 aromatic carbocycles. The van der Waals surface area contributed by atoms with Gasteiger partial charge in [-0.25, -0.2) is 5.84 Å². The first-order valence-electron chi connectivity index (χ1n) is 5.51. The molecule has 1 unspecified atom stereocenters. The van der Waals surface area contributed by atoms with E-state index in [-0.39, 0.29) is 17.9 Å². The van der Waals surface area contributed by atoms with E-state index in [1.165, 1.54) is 0 Å². The normalized spacial score (nSPS) is 18.4. The van der Waals surface area contributed by atoms with Gasteiger partial charge in [-0.1, -0.05) is 0 Å². The number of aromatic nitrogens is 3. The van der Waals surface area contributed by atoms with Gasteiger partial charge in [0, 0.05) is 27.1 Å². The van der Waals surface area contributed by atoms with Gasteiger partial charge >= 0.3 is 0 Å². The fourth-order valence-electron chi connectivity index (χ4n) is 1.58. The van der Waals surface area contributed by atoms with Gasteiger partial charge < -0.3 is 15.5 Å². The molecule has 5 N–H and O–H groups in total. The monoisotopic (exact) mass is 252 g/mol. The van der Waals surface area contributed by atoms with E-state index >= 15 is 0 Å². The second kappa shape index (κ2) is 5.00. The van der Waals surface area contributed by atoms with Crippen LogP contribution in [0, 0.1) is 0 Å².